The van der Waals surface area contributed by atoms with Crippen molar-refractivity contribution >= 4 is 58.3 Å². The molecule has 0 radical (unpaired) electrons. The van der Waals surface area contributed by atoms with E-state index in [0.29, 0.717) is 30.8 Å². The number of hydrogen-bond donors (Lipinski definition) is 2. The van der Waals surface area contributed by atoms with Crippen LogP contribution in [0.5, 0.6) is 11.5 Å². The van der Waals surface area contributed by atoms with E-state index in [1.54, 1.807) is 12.1 Å². The number of hydrogen-bond acceptors (Lipinski definition) is 9. The number of methoxy groups -OCH3 is 2. The molecular weight excluding hydrogens is 1150 g/mol. The highest BCUT2D eigenvalue weighted by Crippen LogP contribution is 2.30. The Morgan fingerprint density at radius 3 is 1.19 bits per heavy atom. The molecule has 8 aromatic carbocycles. The number of rotatable bonds is 26. The summed E-state index contributed by atoms with van der Waals surface area (Å²) in [6.07, 6.45) is 4.73. The van der Waals surface area contributed by atoms with Gasteiger partial charge in [-0.1, -0.05) is 179 Å². The second kappa shape index (κ2) is 35.7. The first kappa shape index (κ1) is 67.5. The van der Waals surface area contributed by atoms with Gasteiger partial charge in [0.1, 0.15) is 11.5 Å². The lowest BCUT2D eigenvalue weighted by atomic mass is 9.91. The molecule has 0 aliphatic rings. The Kier molecular flexibility index (Phi) is 28.3. The van der Waals surface area contributed by atoms with E-state index < -0.39 is 18.2 Å². The van der Waals surface area contributed by atoms with Crippen LogP contribution in [0.3, 0.4) is 0 Å². The number of halogens is 4. The van der Waals surface area contributed by atoms with Crippen LogP contribution in [0.15, 0.2) is 194 Å². The van der Waals surface area contributed by atoms with Crippen molar-refractivity contribution in [3.05, 3.63) is 270 Å². The van der Waals surface area contributed by atoms with Crippen LogP contribution in [0.1, 0.15) is 93.2 Å². The molecule has 0 aromatic heterocycles. The molecule has 0 aliphatic heterocycles. The number of likely N-dealkylation sites (N-methyl/N-ethyl adjacent to an activating group) is 2. The molecule has 0 aliphatic carbocycles. The summed E-state index contributed by atoms with van der Waals surface area (Å²) < 4.78 is 15.5. The normalized spacial score (nSPS) is 11.8. The number of aryl methyl sites for hydroxylation is 6. The summed E-state index contributed by atoms with van der Waals surface area (Å²) in [5, 5.41) is 21.7. The molecule has 0 fully saturated rings. The minimum Gasteiger partial charge on any atom is -0.508 e. The lowest BCUT2D eigenvalue weighted by Gasteiger charge is -2.25. The number of nitrogens with zero attached hydrogens (tertiary/aromatic N) is 2. The molecule has 0 bridgehead atoms. The number of carbonyl (C=O) groups is 2. The van der Waals surface area contributed by atoms with E-state index in [0.717, 1.165) is 83.9 Å². The summed E-state index contributed by atoms with van der Waals surface area (Å²) in [6, 6.07) is 64.2. The Balaban J connectivity index is 0.000000230. The summed E-state index contributed by atoms with van der Waals surface area (Å²) in [7, 11) is 7.01. The Bertz CT molecular complexity index is 3140. The van der Waals surface area contributed by atoms with Gasteiger partial charge in [-0.15, -0.1) is 0 Å². The monoisotopic (exact) mass is 1220 g/mol. The second-order valence-electron chi connectivity index (χ2n) is 21.6. The Hall–Kier alpha value is -6.66. The van der Waals surface area contributed by atoms with Gasteiger partial charge >= 0.3 is 11.9 Å². The fourth-order valence-electron chi connectivity index (χ4n) is 10.0. The van der Waals surface area contributed by atoms with E-state index in [4.69, 9.17) is 55.9 Å². The molecule has 2 atom stereocenters. The molecule has 2 unspecified atom stereocenters. The van der Waals surface area contributed by atoms with Crippen molar-refractivity contribution < 1.29 is 34.0 Å². The molecule has 13 heteroatoms. The van der Waals surface area contributed by atoms with Crippen molar-refractivity contribution in [2.24, 2.45) is 0 Å². The van der Waals surface area contributed by atoms with Crippen molar-refractivity contribution in [3.63, 3.8) is 0 Å². The van der Waals surface area contributed by atoms with Crippen LogP contribution >= 0.6 is 46.4 Å². The number of aromatic hydroxyl groups is 1. The van der Waals surface area contributed by atoms with Gasteiger partial charge in [-0.2, -0.15) is 0 Å². The largest absolute Gasteiger partial charge is 0.508 e. The van der Waals surface area contributed by atoms with Gasteiger partial charge in [0.25, 0.3) is 0 Å². The Morgan fingerprint density at radius 2 is 0.824 bits per heavy atom. The second-order valence-corrected chi connectivity index (χ2v) is 23.3. The molecule has 85 heavy (non-hydrogen) atoms. The predicted octanol–water partition coefficient (Wildman–Crippen LogP) is 16.4. The van der Waals surface area contributed by atoms with Gasteiger partial charge in [0.15, 0.2) is 12.2 Å². The Labute approximate surface area is 524 Å². The first-order chi connectivity index (χ1) is 40.9. The van der Waals surface area contributed by atoms with Crippen molar-refractivity contribution in [2.75, 3.05) is 54.5 Å². The maximum absolute atomic E-state index is 12.4. The van der Waals surface area contributed by atoms with Crippen molar-refractivity contribution in [1.29, 1.82) is 0 Å². The van der Waals surface area contributed by atoms with Gasteiger partial charge in [-0.05, 0) is 210 Å². The number of phenols is 1. The summed E-state index contributed by atoms with van der Waals surface area (Å²) in [5.74, 6) is 0.537. The van der Waals surface area contributed by atoms with Gasteiger partial charge in [0.05, 0.1) is 14.2 Å². The van der Waals surface area contributed by atoms with Crippen LogP contribution in [0, 0.1) is 13.8 Å². The third-order valence-electron chi connectivity index (χ3n) is 14.7. The van der Waals surface area contributed by atoms with Crippen LogP contribution in [0.25, 0.3) is 0 Å². The van der Waals surface area contributed by atoms with Gasteiger partial charge in [0.2, 0.25) is 0 Å². The number of carbonyl (C=O) groups excluding carboxylic acids is 2. The van der Waals surface area contributed by atoms with Crippen LogP contribution < -0.4 is 4.74 Å². The van der Waals surface area contributed by atoms with Crippen molar-refractivity contribution in [2.45, 2.75) is 89.3 Å². The van der Waals surface area contributed by atoms with Crippen LogP contribution in [-0.2, 0) is 44.7 Å². The molecule has 448 valence electrons. The average molecular weight is 1230 g/mol. The first-order valence-corrected chi connectivity index (χ1v) is 30.3. The fraction of sp³-hybridized carbons (Fsp3) is 0.306. The maximum atomic E-state index is 12.4. The van der Waals surface area contributed by atoms with Crippen LogP contribution in [-0.4, -0.2) is 98.7 Å². The zero-order chi connectivity index (χ0) is 61.1. The zero-order valence-corrected chi connectivity index (χ0v) is 52.6. The topological polar surface area (TPSA) is 109 Å². The molecule has 8 aromatic rings. The molecule has 8 rings (SSSR count). The third kappa shape index (κ3) is 24.0. The van der Waals surface area contributed by atoms with Gasteiger partial charge in [-0.25, -0.2) is 9.59 Å². The third-order valence-corrected chi connectivity index (χ3v) is 15.7. The Morgan fingerprint density at radius 1 is 0.459 bits per heavy atom. The summed E-state index contributed by atoms with van der Waals surface area (Å²) >= 11 is 24.5. The predicted molar refractivity (Wildman–Crippen MR) is 349 cm³/mol. The number of esters is 2. The molecule has 0 spiro atoms. The van der Waals surface area contributed by atoms with Gasteiger partial charge in [-0.3, -0.25) is 0 Å². The van der Waals surface area contributed by atoms with Crippen molar-refractivity contribution in [3.8, 4) is 11.5 Å². The molecule has 9 nitrogen and oxygen atoms in total. The van der Waals surface area contributed by atoms with Crippen LogP contribution in [0.2, 0.25) is 20.1 Å². The number of benzene rings is 8. The molecule has 0 heterocycles. The molecule has 0 saturated carbocycles. The number of phenolic OH excluding ortho intramolecular Hbond substituents is 1. The summed E-state index contributed by atoms with van der Waals surface area (Å²) in [6.45, 7) is 7.83. The van der Waals surface area contributed by atoms with Gasteiger partial charge < -0.3 is 34.2 Å². The molecule has 0 amide bonds. The fourth-order valence-corrected chi connectivity index (χ4v) is 10.5. The zero-order valence-electron chi connectivity index (χ0n) is 49.6. The SMILES string of the molecule is CN(CCCc1ccc(O)cc1)CC(c1ccc(Cl)cc1)c1ccc(Cl)cc1.COC(=O)C(CCc1cccc(C)c1)Oc1ccc(CCCN(C)CC(c2ccc(Cl)cc2)c2ccc(Cl)cc2)cc1.COC(=O)C(O)CCc1cccc(C)c1. The quantitative estimate of drug-likeness (QED) is 0.0512. The van der Waals surface area contributed by atoms with E-state index in [9.17, 15) is 19.8 Å². The average Bonchev–Trinajstić information content (AvgIpc) is 3.68. The van der Waals surface area contributed by atoms with E-state index in [-0.39, 0.29) is 17.8 Å². The van der Waals surface area contributed by atoms with Crippen molar-refractivity contribution in [1.82, 2.24) is 9.80 Å². The van der Waals surface area contributed by atoms with E-state index >= 15 is 0 Å². The minimum absolute atomic E-state index is 0.217. The maximum Gasteiger partial charge on any atom is 0.347 e. The molecule has 0 saturated heterocycles. The number of aliphatic hydroxyl groups is 1. The summed E-state index contributed by atoms with van der Waals surface area (Å²) in [4.78, 5) is 28.1. The highest BCUT2D eigenvalue weighted by molar-refractivity contribution is 6.31. The molecular formula is C72H80Cl4N2O7. The van der Waals surface area contributed by atoms with E-state index in [2.05, 4.69) is 114 Å². The van der Waals surface area contributed by atoms with E-state index in [1.807, 2.05) is 110 Å². The molecule has 2 N–H and O–H groups in total. The van der Waals surface area contributed by atoms with E-state index in [1.165, 1.54) is 64.3 Å². The lowest BCUT2D eigenvalue weighted by molar-refractivity contribution is -0.150. The minimum atomic E-state index is -1.02. The van der Waals surface area contributed by atoms with Crippen LogP contribution in [0.4, 0.5) is 0 Å². The highest BCUT2D eigenvalue weighted by atomic mass is 35.5. The summed E-state index contributed by atoms with van der Waals surface area (Å²) in [5.41, 5.74) is 12.1. The number of ether oxygens (including phenoxy) is 3. The smallest absolute Gasteiger partial charge is 0.347 e. The highest BCUT2D eigenvalue weighted by Gasteiger charge is 2.22. The number of aliphatic hydroxyl groups excluding tert-OH is 1. The standard InChI is InChI=1S/C36H39Cl2NO3.C24H25Cl2NO.C12H16O3/c1-26-6-4-7-28(24-26)11-22-35(36(40)41-3)42-33-20-9-27(10-21-33)8-5-23-39(2)25-34(29-12-16-31(37)17-13-29)30-14-18-32(38)19-15-30;1-27(16-2-3-18-4-14-23(28)15-5-18)17-24(19-6-10-21(25)11-7-19)20-8-12-22(26)13-9-20;1-9-4-3-5-10(8-9)6-7-11(13)12(14)15-2/h4,6-7,9-10,12-21,24,34-35H,5,8,11,22-23,25H2,1-3H3;4-15,24,28H,2-3,16-17H2,1H3;3-5,8,11,13H,6-7H2,1-2H3. The first-order valence-electron chi connectivity index (χ1n) is 28.8. The van der Waals surface area contributed by atoms with Gasteiger partial charge in [0, 0.05) is 45.0 Å². The lowest BCUT2D eigenvalue weighted by Crippen LogP contribution is -2.29.